The van der Waals surface area contributed by atoms with Crippen molar-refractivity contribution in [2.45, 2.75) is 37.6 Å². The lowest BCUT2D eigenvalue weighted by molar-refractivity contribution is -0.142. The normalized spacial score (nSPS) is 27.8. The molecular formula is C40H35N3O5. The summed E-state index contributed by atoms with van der Waals surface area (Å²) in [5.41, 5.74) is 6.17. The predicted octanol–water partition coefficient (Wildman–Crippen LogP) is 5.89. The highest BCUT2D eigenvalue weighted by molar-refractivity contribution is 6.13. The Morgan fingerprint density at radius 1 is 0.771 bits per heavy atom. The molecule has 48 heavy (non-hydrogen) atoms. The van der Waals surface area contributed by atoms with Gasteiger partial charge in [-0.05, 0) is 55.0 Å². The van der Waals surface area contributed by atoms with Crippen molar-refractivity contribution in [3.05, 3.63) is 143 Å². The van der Waals surface area contributed by atoms with Crippen LogP contribution in [0.5, 0.6) is 5.75 Å². The number of likely N-dealkylation sites (tertiary alicyclic amines) is 1. The van der Waals surface area contributed by atoms with Crippen molar-refractivity contribution in [1.29, 1.82) is 0 Å². The number of anilines is 1. The quantitative estimate of drug-likeness (QED) is 0.202. The summed E-state index contributed by atoms with van der Waals surface area (Å²) in [6, 6.07) is 33.2. The van der Waals surface area contributed by atoms with Gasteiger partial charge in [0.25, 0.3) is 11.8 Å². The summed E-state index contributed by atoms with van der Waals surface area (Å²) in [7, 11) is 0. The van der Waals surface area contributed by atoms with Crippen LogP contribution in [-0.2, 0) is 31.1 Å². The Bertz CT molecular complexity index is 1980. The zero-order valence-electron chi connectivity index (χ0n) is 26.5. The van der Waals surface area contributed by atoms with Gasteiger partial charge in [-0.3, -0.25) is 29.5 Å². The number of aromatic hydroxyl groups is 1. The Labute approximate surface area is 278 Å². The molecule has 8 rings (SSSR count). The maximum atomic E-state index is 15.1. The number of hydrazine groups is 1. The van der Waals surface area contributed by atoms with Gasteiger partial charge in [0.1, 0.15) is 5.75 Å². The van der Waals surface area contributed by atoms with Gasteiger partial charge in [0.2, 0.25) is 11.8 Å². The average Bonchev–Trinajstić information content (AvgIpc) is 3.47. The Kier molecular flexibility index (Phi) is 7.05. The molecule has 2 N–H and O–H groups in total. The zero-order valence-corrected chi connectivity index (χ0v) is 26.5. The van der Waals surface area contributed by atoms with Crippen LogP contribution in [0.25, 0.3) is 0 Å². The van der Waals surface area contributed by atoms with Crippen LogP contribution in [0.2, 0.25) is 0 Å². The SMILES string of the molecule is Cc1ccc(NN2C(=O)C3CC4C(=CCC5C(=O)N(Cc6ccccc6)C(=O)C54)C(c4ccccc4O)C3(c3ccccc3)C2=O)cc1. The van der Waals surface area contributed by atoms with E-state index in [0.717, 1.165) is 21.7 Å². The monoisotopic (exact) mass is 637 g/mol. The number of imide groups is 2. The molecule has 4 aliphatic rings. The van der Waals surface area contributed by atoms with E-state index >= 15 is 4.79 Å². The van der Waals surface area contributed by atoms with Crippen molar-refractivity contribution in [3.8, 4) is 5.75 Å². The number of rotatable bonds is 6. The minimum atomic E-state index is -1.42. The fraction of sp³-hybridized carbons (Fsp3) is 0.250. The molecule has 1 saturated carbocycles. The van der Waals surface area contributed by atoms with E-state index in [-0.39, 0.29) is 30.5 Å². The molecule has 0 aromatic heterocycles. The van der Waals surface area contributed by atoms with E-state index < -0.39 is 46.8 Å². The third kappa shape index (κ3) is 4.35. The highest BCUT2D eigenvalue weighted by Gasteiger charge is 2.70. The lowest BCUT2D eigenvalue weighted by Gasteiger charge is -2.50. The number of aryl methyl sites for hydroxylation is 1. The summed E-state index contributed by atoms with van der Waals surface area (Å²) >= 11 is 0. The van der Waals surface area contributed by atoms with Gasteiger partial charge < -0.3 is 5.11 Å². The zero-order chi connectivity index (χ0) is 33.2. The van der Waals surface area contributed by atoms with Gasteiger partial charge in [0, 0.05) is 11.5 Å². The highest BCUT2D eigenvalue weighted by Crippen LogP contribution is 2.64. The van der Waals surface area contributed by atoms with Crippen LogP contribution >= 0.6 is 0 Å². The van der Waals surface area contributed by atoms with Crippen LogP contribution in [0.3, 0.4) is 0 Å². The molecule has 8 heteroatoms. The van der Waals surface area contributed by atoms with Gasteiger partial charge in [0.05, 0.1) is 35.4 Å². The largest absolute Gasteiger partial charge is 0.508 e. The second-order valence-corrected chi connectivity index (χ2v) is 13.4. The summed E-state index contributed by atoms with van der Waals surface area (Å²) < 4.78 is 0. The Morgan fingerprint density at radius 2 is 1.44 bits per heavy atom. The van der Waals surface area contributed by atoms with E-state index in [1.165, 1.54) is 4.90 Å². The summed E-state index contributed by atoms with van der Waals surface area (Å²) in [6.07, 6.45) is 2.55. The molecule has 240 valence electrons. The van der Waals surface area contributed by atoms with Crippen molar-refractivity contribution in [1.82, 2.24) is 9.91 Å². The van der Waals surface area contributed by atoms with Crippen molar-refractivity contribution >= 4 is 29.3 Å². The lowest BCUT2D eigenvalue weighted by Crippen LogP contribution is -2.53. The second-order valence-electron chi connectivity index (χ2n) is 13.4. The van der Waals surface area contributed by atoms with E-state index in [0.29, 0.717) is 23.2 Å². The van der Waals surface area contributed by atoms with E-state index in [4.69, 9.17) is 0 Å². The smallest absolute Gasteiger partial charge is 0.260 e. The molecule has 0 spiro atoms. The molecule has 4 amide bonds. The highest BCUT2D eigenvalue weighted by atomic mass is 16.3. The van der Waals surface area contributed by atoms with Crippen molar-refractivity contribution in [2.24, 2.45) is 23.7 Å². The molecular weight excluding hydrogens is 602 g/mol. The molecule has 2 saturated heterocycles. The molecule has 4 aromatic carbocycles. The fourth-order valence-electron chi connectivity index (χ4n) is 8.81. The fourth-order valence-corrected chi connectivity index (χ4v) is 8.81. The molecule has 0 radical (unpaired) electrons. The second kappa shape index (κ2) is 11.3. The van der Waals surface area contributed by atoms with Crippen LogP contribution in [0.15, 0.2) is 121 Å². The topological polar surface area (TPSA) is 107 Å². The van der Waals surface area contributed by atoms with Crippen LogP contribution in [-0.4, -0.2) is 38.6 Å². The summed E-state index contributed by atoms with van der Waals surface area (Å²) in [5, 5.41) is 12.6. The molecule has 2 aliphatic heterocycles. The number of amides is 4. The standard InChI is InChI=1S/C40H35N3O5/c1-24-16-18-27(19-17-24)41-43-37(46)32-22-31-28(20-21-30-34(31)38(47)42(36(30)45)23-25-10-4-2-5-11-25)35(29-14-8-9-15-33(29)44)40(32,39(43)48)26-12-6-3-7-13-26/h2-20,30-32,34-35,41,44H,21-23H2,1H3. The number of allylic oxidation sites excluding steroid dienone is 2. The van der Waals surface area contributed by atoms with Gasteiger partial charge in [-0.2, -0.15) is 5.01 Å². The van der Waals surface area contributed by atoms with E-state index in [1.807, 2.05) is 104 Å². The molecule has 4 aromatic rings. The van der Waals surface area contributed by atoms with Gasteiger partial charge in [-0.1, -0.05) is 108 Å². The minimum absolute atomic E-state index is 0.00458. The third-order valence-electron chi connectivity index (χ3n) is 10.9. The summed E-state index contributed by atoms with van der Waals surface area (Å²) in [4.78, 5) is 59.3. The molecule has 0 bridgehead atoms. The number of nitrogens with zero attached hydrogens (tertiary/aromatic N) is 2. The number of phenols is 1. The van der Waals surface area contributed by atoms with Gasteiger partial charge >= 0.3 is 0 Å². The number of fused-ring (bicyclic) bond motifs is 4. The Morgan fingerprint density at radius 3 is 2.15 bits per heavy atom. The predicted molar refractivity (Wildman–Crippen MR) is 179 cm³/mol. The summed E-state index contributed by atoms with van der Waals surface area (Å²) in [6.45, 7) is 2.14. The van der Waals surface area contributed by atoms with Crippen LogP contribution in [0, 0.1) is 30.6 Å². The van der Waals surface area contributed by atoms with Gasteiger partial charge in [-0.15, -0.1) is 0 Å². The van der Waals surface area contributed by atoms with E-state index in [2.05, 4.69) is 5.43 Å². The first-order valence-electron chi connectivity index (χ1n) is 16.4. The molecule has 6 atom stereocenters. The first-order chi connectivity index (χ1) is 23.3. The van der Waals surface area contributed by atoms with Gasteiger partial charge in [-0.25, -0.2) is 0 Å². The number of hydrogen-bond donors (Lipinski definition) is 2. The van der Waals surface area contributed by atoms with Crippen LogP contribution < -0.4 is 5.43 Å². The van der Waals surface area contributed by atoms with E-state index in [9.17, 15) is 19.5 Å². The number of hydrogen-bond acceptors (Lipinski definition) is 6. The van der Waals surface area contributed by atoms with Crippen molar-refractivity contribution < 1.29 is 24.3 Å². The molecule has 6 unspecified atom stereocenters. The first-order valence-corrected chi connectivity index (χ1v) is 16.4. The summed E-state index contributed by atoms with van der Waals surface area (Å²) in [5.74, 6) is -4.63. The lowest BCUT2D eigenvalue weighted by atomic mass is 9.49. The van der Waals surface area contributed by atoms with Crippen molar-refractivity contribution in [3.63, 3.8) is 0 Å². The Hall–Kier alpha value is -5.50. The third-order valence-corrected chi connectivity index (χ3v) is 10.9. The number of benzene rings is 4. The number of carbonyl (C=O) groups is 4. The molecule has 8 nitrogen and oxygen atoms in total. The van der Waals surface area contributed by atoms with E-state index in [1.54, 1.807) is 18.2 Å². The number of phenolic OH excluding ortho intramolecular Hbond substituents is 1. The van der Waals surface area contributed by atoms with Gasteiger partial charge in [0.15, 0.2) is 0 Å². The minimum Gasteiger partial charge on any atom is -0.508 e. The number of nitrogens with one attached hydrogen (secondary N) is 1. The maximum absolute atomic E-state index is 15.1. The molecule has 2 heterocycles. The molecule has 2 aliphatic carbocycles. The van der Waals surface area contributed by atoms with Crippen LogP contribution in [0.1, 0.15) is 41.0 Å². The maximum Gasteiger partial charge on any atom is 0.260 e. The van der Waals surface area contributed by atoms with Crippen molar-refractivity contribution in [2.75, 3.05) is 5.43 Å². The number of para-hydroxylation sites is 1. The van der Waals surface area contributed by atoms with Crippen LogP contribution in [0.4, 0.5) is 5.69 Å². The Balaban J connectivity index is 1.29. The first kappa shape index (κ1) is 29.9. The molecule has 3 fully saturated rings. The number of carbonyl (C=O) groups excluding carboxylic acids is 4. The average molecular weight is 638 g/mol.